The molecule has 0 aliphatic rings. The van der Waals surface area contributed by atoms with Gasteiger partial charge in [0.15, 0.2) is 0 Å². The summed E-state index contributed by atoms with van der Waals surface area (Å²) < 4.78 is 21.6. The van der Waals surface area contributed by atoms with Crippen LogP contribution in [0.3, 0.4) is 0 Å². The molecule has 0 fully saturated rings. The lowest BCUT2D eigenvalue weighted by atomic mass is 10.4. The van der Waals surface area contributed by atoms with Gasteiger partial charge in [-0.25, -0.2) is 8.42 Å². The minimum Gasteiger partial charge on any atom is -0.206 e. The molecule has 0 saturated heterocycles. The first-order valence-electron chi connectivity index (χ1n) is 2.94. The van der Waals surface area contributed by atoms with E-state index in [-0.39, 0.29) is 10.6 Å². The van der Waals surface area contributed by atoms with Crippen LogP contribution in [0.15, 0.2) is 16.3 Å². The lowest BCUT2D eigenvalue weighted by Crippen LogP contribution is -1.83. The van der Waals surface area contributed by atoms with E-state index >= 15 is 0 Å². The molecule has 0 aliphatic heterocycles. The Morgan fingerprint density at radius 2 is 2.25 bits per heavy atom. The van der Waals surface area contributed by atoms with Crippen LogP contribution in [0.2, 0.25) is 0 Å². The molecule has 12 heavy (non-hydrogen) atoms. The number of hydrogen-bond donors (Lipinski definition) is 0. The summed E-state index contributed by atoms with van der Waals surface area (Å²) in [5.41, 5.74) is 0. The van der Waals surface area contributed by atoms with E-state index in [1.54, 1.807) is 6.07 Å². The summed E-state index contributed by atoms with van der Waals surface area (Å²) in [6, 6.07) is 4.91. The topological polar surface area (TPSA) is 57.9 Å². The maximum absolute atomic E-state index is 10.7. The Morgan fingerprint density at radius 1 is 1.58 bits per heavy atom. The van der Waals surface area contributed by atoms with Crippen molar-refractivity contribution in [3.05, 3.63) is 17.0 Å². The third-order valence-corrected chi connectivity index (χ3v) is 4.31. The van der Waals surface area contributed by atoms with Gasteiger partial charge in [-0.3, -0.25) is 0 Å². The van der Waals surface area contributed by atoms with E-state index in [4.69, 9.17) is 15.9 Å². The van der Waals surface area contributed by atoms with E-state index in [0.29, 0.717) is 4.88 Å². The third-order valence-electron chi connectivity index (χ3n) is 1.13. The van der Waals surface area contributed by atoms with Gasteiger partial charge in [0.2, 0.25) is 0 Å². The third kappa shape index (κ3) is 2.21. The number of halogens is 1. The Balaban J connectivity index is 3.02. The molecule has 0 atom stereocenters. The number of hydrogen-bond acceptors (Lipinski definition) is 4. The molecule has 0 saturated carbocycles. The van der Waals surface area contributed by atoms with Gasteiger partial charge >= 0.3 is 0 Å². The van der Waals surface area contributed by atoms with Crippen LogP contribution in [0.4, 0.5) is 0 Å². The van der Waals surface area contributed by atoms with Crippen molar-refractivity contribution in [2.45, 2.75) is 10.6 Å². The normalized spacial score (nSPS) is 11.0. The average Bonchev–Trinajstić information content (AvgIpc) is 2.35. The summed E-state index contributed by atoms with van der Waals surface area (Å²) in [6.45, 7) is 0. The summed E-state index contributed by atoms with van der Waals surface area (Å²) in [5.74, 6) is 0. The molecule has 6 heteroatoms. The number of nitrogens with zero attached hydrogens (tertiary/aromatic N) is 1. The molecule has 0 radical (unpaired) electrons. The highest BCUT2D eigenvalue weighted by molar-refractivity contribution is 8.15. The Labute approximate surface area is 78.6 Å². The van der Waals surface area contributed by atoms with Gasteiger partial charge in [-0.15, -0.1) is 11.3 Å². The predicted octanol–water partition coefficient (Wildman–Crippen LogP) is 1.74. The summed E-state index contributed by atoms with van der Waals surface area (Å²) >= 11 is 1.02. The first-order valence-corrected chi connectivity index (χ1v) is 6.07. The Bertz CT molecular complexity index is 415. The van der Waals surface area contributed by atoms with Crippen LogP contribution in [0, 0.1) is 11.3 Å². The lowest BCUT2D eigenvalue weighted by molar-refractivity contribution is 0.611. The molecule has 3 nitrogen and oxygen atoms in total. The molecule has 0 bridgehead atoms. The molecule has 0 unspecified atom stereocenters. The van der Waals surface area contributed by atoms with E-state index in [0.717, 1.165) is 11.3 Å². The maximum Gasteiger partial charge on any atom is 0.270 e. The van der Waals surface area contributed by atoms with Crippen LogP contribution < -0.4 is 0 Å². The minimum absolute atomic E-state index is 0.0921. The van der Waals surface area contributed by atoms with Gasteiger partial charge in [0.1, 0.15) is 4.21 Å². The van der Waals surface area contributed by atoms with Gasteiger partial charge in [-0.05, 0) is 12.1 Å². The molecule has 0 amide bonds. The van der Waals surface area contributed by atoms with Crippen molar-refractivity contribution < 1.29 is 8.42 Å². The highest BCUT2D eigenvalue weighted by Crippen LogP contribution is 2.24. The first kappa shape index (κ1) is 9.52. The zero-order chi connectivity index (χ0) is 9.19. The van der Waals surface area contributed by atoms with Crippen molar-refractivity contribution in [2.75, 3.05) is 0 Å². The van der Waals surface area contributed by atoms with Crippen molar-refractivity contribution in [1.29, 1.82) is 5.26 Å². The Kier molecular flexibility index (Phi) is 2.73. The lowest BCUT2D eigenvalue weighted by Gasteiger charge is -1.85. The van der Waals surface area contributed by atoms with Crippen molar-refractivity contribution in [3.8, 4) is 6.07 Å². The van der Waals surface area contributed by atoms with Crippen LogP contribution >= 0.6 is 22.0 Å². The van der Waals surface area contributed by atoms with Gasteiger partial charge in [-0.2, -0.15) is 5.26 Å². The quantitative estimate of drug-likeness (QED) is 0.715. The molecular weight excluding hydrogens is 218 g/mol. The van der Waals surface area contributed by atoms with Crippen molar-refractivity contribution in [1.82, 2.24) is 0 Å². The Morgan fingerprint density at radius 3 is 2.67 bits per heavy atom. The van der Waals surface area contributed by atoms with Gasteiger partial charge < -0.3 is 0 Å². The predicted molar refractivity (Wildman–Crippen MR) is 46.7 cm³/mol. The summed E-state index contributed by atoms with van der Waals surface area (Å²) in [7, 11) is 1.45. The first-order chi connectivity index (χ1) is 5.54. The van der Waals surface area contributed by atoms with Crippen LogP contribution in [0.1, 0.15) is 4.88 Å². The molecule has 1 aromatic rings. The van der Waals surface area contributed by atoms with Crippen LogP contribution in [0.25, 0.3) is 0 Å². The number of thiophene rings is 1. The van der Waals surface area contributed by atoms with E-state index in [2.05, 4.69) is 0 Å². The minimum atomic E-state index is -3.62. The van der Waals surface area contributed by atoms with Crippen LogP contribution in [0.5, 0.6) is 0 Å². The molecule has 0 N–H and O–H groups in total. The molecule has 64 valence electrons. The number of nitriles is 1. The average molecular weight is 222 g/mol. The van der Waals surface area contributed by atoms with Gasteiger partial charge in [0.25, 0.3) is 9.05 Å². The smallest absolute Gasteiger partial charge is 0.206 e. The second-order valence-corrected chi connectivity index (χ2v) is 5.95. The highest BCUT2D eigenvalue weighted by atomic mass is 35.7. The van der Waals surface area contributed by atoms with Crippen molar-refractivity contribution >= 4 is 31.1 Å². The summed E-state index contributed by atoms with van der Waals surface area (Å²) in [5, 5.41) is 8.31. The van der Waals surface area contributed by atoms with Crippen LogP contribution in [-0.4, -0.2) is 8.42 Å². The van der Waals surface area contributed by atoms with E-state index in [1.165, 1.54) is 6.07 Å². The molecule has 1 aromatic heterocycles. The monoisotopic (exact) mass is 221 g/mol. The molecule has 0 aliphatic carbocycles. The van der Waals surface area contributed by atoms with E-state index < -0.39 is 9.05 Å². The standard InChI is InChI=1S/C6H4ClNO2S2/c7-12(9,10)6-2-1-5(11-6)3-4-8/h1-2H,3H2. The summed E-state index contributed by atoms with van der Waals surface area (Å²) in [4.78, 5) is 0.705. The fourth-order valence-corrected chi connectivity index (χ4v) is 2.72. The molecule has 1 heterocycles. The zero-order valence-corrected chi connectivity index (χ0v) is 8.21. The molecular formula is C6H4ClNO2S2. The van der Waals surface area contributed by atoms with Gasteiger partial charge in [0, 0.05) is 15.6 Å². The highest BCUT2D eigenvalue weighted by Gasteiger charge is 2.12. The summed E-state index contributed by atoms with van der Waals surface area (Å²) in [6.07, 6.45) is 0.219. The SMILES string of the molecule is N#CCc1ccc(S(=O)(=O)Cl)s1. The maximum atomic E-state index is 10.7. The largest absolute Gasteiger partial charge is 0.270 e. The van der Waals surface area contributed by atoms with E-state index in [9.17, 15) is 8.42 Å². The molecule has 0 spiro atoms. The molecule has 1 rings (SSSR count). The van der Waals surface area contributed by atoms with Crippen LogP contribution in [-0.2, 0) is 15.5 Å². The van der Waals surface area contributed by atoms with Gasteiger partial charge in [-0.1, -0.05) is 0 Å². The van der Waals surface area contributed by atoms with Crippen molar-refractivity contribution in [2.24, 2.45) is 0 Å². The van der Waals surface area contributed by atoms with Crippen molar-refractivity contribution in [3.63, 3.8) is 0 Å². The second kappa shape index (κ2) is 3.44. The fourth-order valence-electron chi connectivity index (χ4n) is 0.662. The van der Waals surface area contributed by atoms with Gasteiger partial charge in [0.05, 0.1) is 12.5 Å². The van der Waals surface area contributed by atoms with E-state index in [1.807, 2.05) is 6.07 Å². The molecule has 0 aromatic carbocycles. The number of rotatable bonds is 2. The second-order valence-electron chi connectivity index (χ2n) is 1.99. The Hall–Kier alpha value is -0.570. The fraction of sp³-hybridized carbons (Fsp3) is 0.167. The zero-order valence-electron chi connectivity index (χ0n) is 5.82.